The van der Waals surface area contributed by atoms with E-state index in [1.807, 2.05) is 26.2 Å². The molecule has 1 amide bonds. The molecule has 0 unspecified atom stereocenters. The van der Waals surface area contributed by atoms with E-state index in [-0.39, 0.29) is 24.5 Å². The van der Waals surface area contributed by atoms with Crippen LogP contribution in [0.1, 0.15) is 50.5 Å². The summed E-state index contributed by atoms with van der Waals surface area (Å²) >= 11 is 0. The number of carbonyl (C=O) groups excluding carboxylic acids is 1. The van der Waals surface area contributed by atoms with Crippen LogP contribution in [0.15, 0.2) is 36.7 Å². The number of carbonyl (C=O) groups is 2. The smallest absolute Gasteiger partial charge is 0.290 e. The third-order valence-corrected chi connectivity index (χ3v) is 7.20. The second-order valence-corrected chi connectivity index (χ2v) is 10.7. The van der Waals surface area contributed by atoms with Gasteiger partial charge in [0.05, 0.1) is 23.4 Å². The lowest BCUT2D eigenvalue weighted by molar-refractivity contribution is -0.129. The van der Waals surface area contributed by atoms with E-state index in [4.69, 9.17) is 30.6 Å². The summed E-state index contributed by atoms with van der Waals surface area (Å²) in [4.78, 5) is 37.5. The Kier molecular flexibility index (Phi) is 13.4. The summed E-state index contributed by atoms with van der Waals surface area (Å²) in [7, 11) is 3.71. The first-order valence-corrected chi connectivity index (χ1v) is 14.6. The van der Waals surface area contributed by atoms with Crippen LogP contribution in [0, 0.1) is 17.1 Å². The number of amides is 1. The van der Waals surface area contributed by atoms with Crippen molar-refractivity contribution in [3.63, 3.8) is 0 Å². The fourth-order valence-electron chi connectivity index (χ4n) is 4.81. The number of nitrogens with two attached hydrogens (primary N) is 1. The number of halogens is 1. The number of nitrogens with zero attached hydrogens (tertiary/aromatic N) is 6. The van der Waals surface area contributed by atoms with E-state index in [2.05, 4.69) is 14.9 Å². The first kappa shape index (κ1) is 34.6. The molecule has 1 aromatic carbocycles. The molecular weight excluding hydrogens is 583 g/mol. The molecular formula is C31H39FN8O5. The molecule has 0 spiro atoms. The normalized spacial score (nSPS) is 12.8. The summed E-state index contributed by atoms with van der Waals surface area (Å²) in [6.45, 7) is 1.62. The standard InChI is InChI=1S/C30H37FN8O3.CH2O2/c1-38(2)30-34-18-22(19-35-30)28-25(42-14-6-4-3-5-7-27(40)37-41)16-26(39-12-10-23(33)11-13-39)36-29(28)20-8-9-21(17-32)24(31)15-20;2-1-3/h8-9,15-16,18-19,23,41H,3-7,10-14,33H2,1-2H3,(H,37,40);1H,(H,2,3). The van der Waals surface area contributed by atoms with Crippen LogP contribution in [0.5, 0.6) is 5.75 Å². The number of benzene rings is 1. The highest BCUT2D eigenvalue weighted by Crippen LogP contribution is 2.41. The van der Waals surface area contributed by atoms with Crippen molar-refractivity contribution in [3.8, 4) is 34.2 Å². The molecule has 3 heterocycles. The van der Waals surface area contributed by atoms with Crippen LogP contribution >= 0.6 is 0 Å². The maximum Gasteiger partial charge on any atom is 0.290 e. The summed E-state index contributed by atoms with van der Waals surface area (Å²) < 4.78 is 21.2. The number of carboxylic acid groups (broad SMARTS) is 1. The van der Waals surface area contributed by atoms with E-state index < -0.39 is 11.7 Å². The molecule has 5 N–H and O–H groups in total. The number of aromatic nitrogens is 3. The van der Waals surface area contributed by atoms with Crippen LogP contribution in [0.25, 0.3) is 22.4 Å². The van der Waals surface area contributed by atoms with Crippen molar-refractivity contribution in [3.05, 3.63) is 48.0 Å². The van der Waals surface area contributed by atoms with Crippen molar-refractivity contribution in [1.82, 2.24) is 20.4 Å². The molecule has 4 rings (SSSR count). The topological polar surface area (TPSA) is 191 Å². The Labute approximate surface area is 261 Å². The summed E-state index contributed by atoms with van der Waals surface area (Å²) in [5.74, 6) is 0.773. The predicted molar refractivity (Wildman–Crippen MR) is 166 cm³/mol. The Morgan fingerprint density at radius 3 is 2.44 bits per heavy atom. The van der Waals surface area contributed by atoms with Crippen molar-refractivity contribution in [1.29, 1.82) is 5.26 Å². The van der Waals surface area contributed by atoms with Gasteiger partial charge in [0, 0.05) is 69.2 Å². The molecule has 1 saturated heterocycles. The molecule has 0 atom stereocenters. The van der Waals surface area contributed by atoms with Gasteiger partial charge in [-0.15, -0.1) is 0 Å². The average Bonchev–Trinajstić information content (AvgIpc) is 3.04. The van der Waals surface area contributed by atoms with Crippen molar-refractivity contribution >= 4 is 24.1 Å². The SMILES string of the molecule is CN(C)c1ncc(-c2c(OCCCCCCC(=O)NO)cc(N3CCC(N)CC3)nc2-c2ccc(C#N)c(F)c2)cn1.O=CO. The van der Waals surface area contributed by atoms with Crippen LogP contribution in [-0.2, 0) is 9.59 Å². The summed E-state index contributed by atoms with van der Waals surface area (Å²) in [5, 5.41) is 24.8. The van der Waals surface area contributed by atoms with Gasteiger partial charge in [-0.25, -0.2) is 24.8 Å². The summed E-state index contributed by atoms with van der Waals surface area (Å²) in [6.07, 6.45) is 8.37. The molecule has 0 saturated carbocycles. The molecule has 14 heteroatoms. The van der Waals surface area contributed by atoms with E-state index in [0.717, 1.165) is 45.2 Å². The largest absolute Gasteiger partial charge is 0.493 e. The average molecular weight is 623 g/mol. The van der Waals surface area contributed by atoms with Gasteiger partial charge in [-0.2, -0.15) is 5.26 Å². The fourth-order valence-corrected chi connectivity index (χ4v) is 4.81. The van der Waals surface area contributed by atoms with E-state index >= 15 is 0 Å². The predicted octanol–water partition coefficient (Wildman–Crippen LogP) is 3.75. The van der Waals surface area contributed by atoms with Crippen LogP contribution < -0.4 is 25.8 Å². The monoisotopic (exact) mass is 622 g/mol. The van der Waals surface area contributed by atoms with Gasteiger partial charge in [-0.3, -0.25) is 14.8 Å². The van der Waals surface area contributed by atoms with Gasteiger partial charge < -0.3 is 25.4 Å². The van der Waals surface area contributed by atoms with Crippen molar-refractivity contribution in [2.24, 2.45) is 5.73 Å². The van der Waals surface area contributed by atoms with Crippen molar-refractivity contribution in [2.75, 3.05) is 43.6 Å². The zero-order valence-corrected chi connectivity index (χ0v) is 25.4. The lowest BCUT2D eigenvalue weighted by Crippen LogP contribution is -2.40. The van der Waals surface area contributed by atoms with Crippen molar-refractivity contribution < 1.29 is 29.0 Å². The van der Waals surface area contributed by atoms with Crippen LogP contribution in [0.2, 0.25) is 0 Å². The highest BCUT2D eigenvalue weighted by Gasteiger charge is 2.24. The Hall–Kier alpha value is -4.87. The molecule has 0 radical (unpaired) electrons. The van der Waals surface area contributed by atoms with E-state index in [0.29, 0.717) is 52.9 Å². The minimum absolute atomic E-state index is 0.0481. The molecule has 45 heavy (non-hydrogen) atoms. The molecule has 0 bridgehead atoms. The fraction of sp³-hybridized carbons (Fsp3) is 0.419. The highest BCUT2D eigenvalue weighted by atomic mass is 19.1. The molecule has 13 nitrogen and oxygen atoms in total. The number of nitrogens with one attached hydrogen (secondary N) is 1. The summed E-state index contributed by atoms with van der Waals surface area (Å²) in [6, 6.07) is 8.37. The number of pyridine rings is 1. The minimum atomic E-state index is -0.631. The zero-order valence-electron chi connectivity index (χ0n) is 25.4. The number of ether oxygens (including phenoxy) is 1. The van der Waals surface area contributed by atoms with E-state index in [1.165, 1.54) is 12.1 Å². The number of hydrogen-bond donors (Lipinski definition) is 4. The van der Waals surface area contributed by atoms with Gasteiger partial charge in [0.25, 0.3) is 6.47 Å². The van der Waals surface area contributed by atoms with Gasteiger partial charge in [0.2, 0.25) is 11.9 Å². The Bertz CT molecular complexity index is 1460. The van der Waals surface area contributed by atoms with Crippen LogP contribution in [-0.4, -0.2) is 77.5 Å². The number of unbranched alkanes of at least 4 members (excludes halogenated alkanes) is 3. The number of piperidine rings is 1. The maximum atomic E-state index is 14.9. The van der Waals surface area contributed by atoms with Gasteiger partial charge in [0.1, 0.15) is 23.5 Å². The van der Waals surface area contributed by atoms with Gasteiger partial charge in [-0.1, -0.05) is 18.9 Å². The van der Waals surface area contributed by atoms with Crippen LogP contribution in [0.4, 0.5) is 16.2 Å². The Balaban J connectivity index is 0.00000177. The van der Waals surface area contributed by atoms with Gasteiger partial charge in [-0.05, 0) is 37.8 Å². The minimum Gasteiger partial charge on any atom is -0.493 e. The molecule has 0 aliphatic carbocycles. The van der Waals surface area contributed by atoms with Gasteiger partial charge >= 0.3 is 0 Å². The molecule has 1 fully saturated rings. The number of nitriles is 1. The van der Waals surface area contributed by atoms with E-state index in [1.54, 1.807) is 28.8 Å². The molecule has 1 aliphatic heterocycles. The second-order valence-electron chi connectivity index (χ2n) is 10.7. The quantitative estimate of drug-likeness (QED) is 0.0992. The second kappa shape index (κ2) is 17.4. The number of rotatable bonds is 12. The first-order chi connectivity index (χ1) is 21.7. The van der Waals surface area contributed by atoms with Gasteiger partial charge in [0.15, 0.2) is 0 Å². The molecule has 1 aliphatic rings. The van der Waals surface area contributed by atoms with Crippen LogP contribution in [0.3, 0.4) is 0 Å². The first-order valence-electron chi connectivity index (χ1n) is 14.6. The Morgan fingerprint density at radius 2 is 1.84 bits per heavy atom. The molecule has 2 aromatic heterocycles. The highest BCUT2D eigenvalue weighted by molar-refractivity contribution is 5.86. The van der Waals surface area contributed by atoms with Crippen molar-refractivity contribution in [2.45, 2.75) is 51.0 Å². The van der Waals surface area contributed by atoms with E-state index in [9.17, 15) is 14.4 Å². The Morgan fingerprint density at radius 1 is 1.18 bits per heavy atom. The number of anilines is 2. The number of hydrogen-bond acceptors (Lipinski definition) is 11. The summed E-state index contributed by atoms with van der Waals surface area (Å²) in [5.41, 5.74) is 10.0. The molecule has 240 valence electrons. The lowest BCUT2D eigenvalue weighted by atomic mass is 9.98. The zero-order chi connectivity index (χ0) is 32.8. The lowest BCUT2D eigenvalue weighted by Gasteiger charge is -2.32. The third kappa shape index (κ3) is 9.82. The third-order valence-electron chi connectivity index (χ3n) is 7.20. The number of hydroxylamine groups is 1. The molecule has 3 aromatic rings. The maximum absolute atomic E-state index is 14.9.